The highest BCUT2D eigenvalue weighted by atomic mass is 16.4. The van der Waals surface area contributed by atoms with Crippen molar-refractivity contribution in [3.8, 4) is 0 Å². The van der Waals surface area contributed by atoms with Crippen molar-refractivity contribution in [3.05, 3.63) is 23.9 Å². The van der Waals surface area contributed by atoms with Crippen LogP contribution in [0.25, 0.3) is 0 Å². The molecule has 2 aliphatic carbocycles. The van der Waals surface area contributed by atoms with Crippen molar-refractivity contribution in [3.63, 3.8) is 0 Å². The first-order chi connectivity index (χ1) is 8.24. The fraction of sp³-hybridized carbons (Fsp3) is 0.538. The lowest BCUT2D eigenvalue weighted by Gasteiger charge is -2.23. The Bertz CT molecular complexity index is 447. The summed E-state index contributed by atoms with van der Waals surface area (Å²) < 4.78 is 0. The van der Waals surface area contributed by atoms with Crippen molar-refractivity contribution >= 4 is 11.8 Å². The normalized spacial score (nSPS) is 30.5. The molecule has 17 heavy (non-hydrogen) atoms. The molecule has 3 atom stereocenters. The van der Waals surface area contributed by atoms with E-state index >= 15 is 0 Å². The fourth-order valence-corrected chi connectivity index (χ4v) is 3.29. The number of hydrogen-bond acceptors (Lipinski definition) is 3. The van der Waals surface area contributed by atoms with Crippen LogP contribution < -0.4 is 5.32 Å². The summed E-state index contributed by atoms with van der Waals surface area (Å²) in [6, 6.07) is 3.68. The molecular weight excluding hydrogens is 216 g/mol. The Hall–Kier alpha value is -1.58. The van der Waals surface area contributed by atoms with Gasteiger partial charge in [0, 0.05) is 12.2 Å². The van der Waals surface area contributed by atoms with Crippen molar-refractivity contribution in [1.82, 2.24) is 4.98 Å². The first-order valence-corrected chi connectivity index (χ1v) is 6.19. The molecule has 2 aliphatic rings. The number of fused-ring (bicyclic) bond motifs is 2. The predicted molar refractivity (Wildman–Crippen MR) is 64.1 cm³/mol. The van der Waals surface area contributed by atoms with Crippen LogP contribution in [0.3, 0.4) is 0 Å². The van der Waals surface area contributed by atoms with Crippen LogP contribution in [0.2, 0.25) is 0 Å². The number of carbonyl (C=O) groups is 1. The minimum Gasteiger partial charge on any atom is -0.478 e. The second kappa shape index (κ2) is 4.02. The molecule has 0 unspecified atom stereocenters. The minimum absolute atomic E-state index is 0.273. The zero-order valence-electron chi connectivity index (χ0n) is 9.60. The number of aromatic nitrogens is 1. The average Bonchev–Trinajstić information content (AvgIpc) is 2.91. The van der Waals surface area contributed by atoms with E-state index in [1.54, 1.807) is 18.3 Å². The molecule has 0 spiro atoms. The Morgan fingerprint density at radius 1 is 1.41 bits per heavy atom. The van der Waals surface area contributed by atoms with Gasteiger partial charge in [0.15, 0.2) is 0 Å². The zero-order chi connectivity index (χ0) is 11.8. The Labute approximate surface area is 100 Å². The van der Waals surface area contributed by atoms with Gasteiger partial charge in [-0.2, -0.15) is 0 Å². The molecule has 0 saturated heterocycles. The van der Waals surface area contributed by atoms with E-state index in [1.807, 2.05) is 0 Å². The summed E-state index contributed by atoms with van der Waals surface area (Å²) >= 11 is 0. The summed E-state index contributed by atoms with van der Waals surface area (Å²) in [5.41, 5.74) is 0.273. The van der Waals surface area contributed by atoms with E-state index in [9.17, 15) is 4.79 Å². The first kappa shape index (κ1) is 10.6. The molecule has 3 rings (SSSR count). The van der Waals surface area contributed by atoms with Gasteiger partial charge in [-0.25, -0.2) is 9.78 Å². The molecule has 2 saturated carbocycles. The largest absolute Gasteiger partial charge is 0.478 e. The number of carboxylic acids is 1. The van der Waals surface area contributed by atoms with Gasteiger partial charge in [0.05, 0.1) is 0 Å². The van der Waals surface area contributed by atoms with Gasteiger partial charge < -0.3 is 10.4 Å². The van der Waals surface area contributed by atoms with E-state index in [0.29, 0.717) is 17.8 Å². The van der Waals surface area contributed by atoms with E-state index in [1.165, 1.54) is 25.7 Å². The number of aromatic carboxylic acids is 1. The van der Waals surface area contributed by atoms with Crippen molar-refractivity contribution in [2.24, 2.45) is 11.8 Å². The highest BCUT2D eigenvalue weighted by Gasteiger charge is 2.39. The van der Waals surface area contributed by atoms with Gasteiger partial charge in [-0.1, -0.05) is 6.42 Å². The van der Waals surface area contributed by atoms with Crippen molar-refractivity contribution in [1.29, 1.82) is 0 Å². The maximum Gasteiger partial charge on any atom is 0.339 e. The molecule has 4 heteroatoms. The van der Waals surface area contributed by atoms with Crippen LogP contribution in [0.1, 0.15) is 36.0 Å². The first-order valence-electron chi connectivity index (χ1n) is 6.19. The van der Waals surface area contributed by atoms with Gasteiger partial charge in [-0.05, 0) is 43.2 Å². The molecular formula is C13H16N2O2. The fourth-order valence-electron chi connectivity index (χ4n) is 3.29. The van der Waals surface area contributed by atoms with Gasteiger partial charge in [0.1, 0.15) is 11.4 Å². The smallest absolute Gasteiger partial charge is 0.339 e. The number of nitrogens with one attached hydrogen (secondary N) is 1. The molecule has 1 aromatic heterocycles. The molecule has 0 amide bonds. The van der Waals surface area contributed by atoms with Gasteiger partial charge >= 0.3 is 5.97 Å². The quantitative estimate of drug-likeness (QED) is 0.840. The Morgan fingerprint density at radius 2 is 2.29 bits per heavy atom. The average molecular weight is 232 g/mol. The van der Waals surface area contributed by atoms with Crippen molar-refractivity contribution in [2.45, 2.75) is 31.7 Å². The molecule has 4 nitrogen and oxygen atoms in total. The lowest BCUT2D eigenvalue weighted by molar-refractivity contribution is 0.0697. The number of nitrogens with zero attached hydrogens (tertiary/aromatic N) is 1. The number of carboxylic acid groups (broad SMARTS) is 1. The highest BCUT2D eigenvalue weighted by Crippen LogP contribution is 2.45. The SMILES string of the molecule is O=C(O)c1cccnc1N[C@H]1C[C@H]2CC[C@H]1C2. The third-order valence-electron chi connectivity index (χ3n) is 4.10. The molecule has 2 fully saturated rings. The summed E-state index contributed by atoms with van der Waals surface area (Å²) in [6.07, 6.45) is 6.73. The van der Waals surface area contributed by atoms with Gasteiger partial charge in [0.2, 0.25) is 0 Å². The second-order valence-corrected chi connectivity index (χ2v) is 5.13. The van der Waals surface area contributed by atoms with E-state index in [-0.39, 0.29) is 5.56 Å². The number of pyridine rings is 1. The van der Waals surface area contributed by atoms with Gasteiger partial charge in [-0.15, -0.1) is 0 Å². The molecule has 0 aromatic carbocycles. The maximum atomic E-state index is 11.1. The highest BCUT2D eigenvalue weighted by molar-refractivity contribution is 5.93. The van der Waals surface area contributed by atoms with Crippen LogP contribution in [0.15, 0.2) is 18.3 Å². The standard InChI is InChI=1S/C13H16N2O2/c16-13(17)10-2-1-5-14-12(10)15-11-7-8-3-4-9(11)6-8/h1-2,5,8-9,11H,3-4,6-7H2,(H,14,15)(H,16,17)/t8-,9-,11-/m0/s1. The van der Waals surface area contributed by atoms with Crippen LogP contribution in [0.5, 0.6) is 0 Å². The Kier molecular flexibility index (Phi) is 2.50. The summed E-state index contributed by atoms with van der Waals surface area (Å²) in [5.74, 6) is 1.17. The van der Waals surface area contributed by atoms with E-state index < -0.39 is 5.97 Å². The molecule has 2 bridgehead atoms. The van der Waals surface area contributed by atoms with Crippen LogP contribution in [-0.4, -0.2) is 22.1 Å². The minimum atomic E-state index is -0.913. The molecule has 90 valence electrons. The van der Waals surface area contributed by atoms with Crippen LogP contribution >= 0.6 is 0 Å². The second-order valence-electron chi connectivity index (χ2n) is 5.13. The Balaban J connectivity index is 1.79. The van der Waals surface area contributed by atoms with Gasteiger partial charge in [-0.3, -0.25) is 0 Å². The molecule has 0 radical (unpaired) electrons. The summed E-state index contributed by atoms with van der Waals surface area (Å²) in [5, 5.41) is 12.4. The van der Waals surface area contributed by atoms with Gasteiger partial charge in [0.25, 0.3) is 0 Å². The number of hydrogen-bond donors (Lipinski definition) is 2. The molecule has 1 heterocycles. The molecule has 0 aliphatic heterocycles. The predicted octanol–water partition coefficient (Wildman–Crippen LogP) is 2.38. The van der Waals surface area contributed by atoms with Crippen LogP contribution in [0.4, 0.5) is 5.82 Å². The van der Waals surface area contributed by atoms with Crippen LogP contribution in [0, 0.1) is 11.8 Å². The molecule has 2 N–H and O–H groups in total. The summed E-state index contributed by atoms with van der Waals surface area (Å²) in [6.45, 7) is 0. The van der Waals surface area contributed by atoms with E-state index in [2.05, 4.69) is 10.3 Å². The zero-order valence-corrected chi connectivity index (χ0v) is 9.60. The third kappa shape index (κ3) is 1.88. The summed E-state index contributed by atoms with van der Waals surface area (Å²) in [4.78, 5) is 15.2. The van der Waals surface area contributed by atoms with Crippen molar-refractivity contribution in [2.75, 3.05) is 5.32 Å². The topological polar surface area (TPSA) is 62.2 Å². The van der Waals surface area contributed by atoms with Crippen molar-refractivity contribution < 1.29 is 9.90 Å². The number of anilines is 1. The van der Waals surface area contributed by atoms with E-state index in [0.717, 1.165) is 5.92 Å². The maximum absolute atomic E-state index is 11.1. The monoisotopic (exact) mass is 232 g/mol. The number of rotatable bonds is 3. The lowest BCUT2D eigenvalue weighted by atomic mass is 9.95. The summed E-state index contributed by atoms with van der Waals surface area (Å²) in [7, 11) is 0. The van der Waals surface area contributed by atoms with E-state index in [4.69, 9.17) is 5.11 Å². The third-order valence-corrected chi connectivity index (χ3v) is 4.10. The molecule has 1 aromatic rings. The van der Waals surface area contributed by atoms with Crippen LogP contribution in [-0.2, 0) is 0 Å². The Morgan fingerprint density at radius 3 is 2.94 bits per heavy atom. The lowest BCUT2D eigenvalue weighted by Crippen LogP contribution is -2.27.